The molecule has 0 atom stereocenters. The SMILES string of the molecule is COc1ccc(Cl)c(CCCCOc2cc(=O)n(C)nc2Cl)c1. The van der Waals surface area contributed by atoms with E-state index >= 15 is 0 Å². The fourth-order valence-corrected chi connectivity index (χ4v) is 2.50. The molecular weight excluding hydrogens is 339 g/mol. The Bertz CT molecular complexity index is 732. The zero-order chi connectivity index (χ0) is 16.8. The van der Waals surface area contributed by atoms with Crippen LogP contribution < -0.4 is 15.0 Å². The van der Waals surface area contributed by atoms with Gasteiger partial charge in [0, 0.05) is 12.1 Å². The van der Waals surface area contributed by atoms with Gasteiger partial charge in [-0.15, -0.1) is 0 Å². The Kier molecular flexibility index (Phi) is 6.30. The van der Waals surface area contributed by atoms with Crippen LogP contribution in [0.2, 0.25) is 10.2 Å². The molecule has 0 saturated heterocycles. The molecule has 0 aliphatic rings. The highest BCUT2D eigenvalue weighted by atomic mass is 35.5. The third-order valence-corrected chi connectivity index (χ3v) is 4.00. The third-order valence-electron chi connectivity index (χ3n) is 3.37. The summed E-state index contributed by atoms with van der Waals surface area (Å²) in [6.07, 6.45) is 2.52. The number of aromatic nitrogens is 2. The Morgan fingerprint density at radius 2 is 2.00 bits per heavy atom. The molecule has 0 unspecified atom stereocenters. The third kappa shape index (κ3) is 4.88. The Morgan fingerprint density at radius 1 is 1.22 bits per heavy atom. The molecule has 0 N–H and O–H groups in total. The van der Waals surface area contributed by atoms with E-state index in [1.807, 2.05) is 18.2 Å². The first kappa shape index (κ1) is 17.6. The average Bonchev–Trinajstić information content (AvgIpc) is 2.53. The van der Waals surface area contributed by atoms with Crippen molar-refractivity contribution < 1.29 is 9.47 Å². The van der Waals surface area contributed by atoms with E-state index in [1.165, 1.54) is 17.8 Å². The van der Waals surface area contributed by atoms with Crippen molar-refractivity contribution in [3.63, 3.8) is 0 Å². The number of nitrogens with zero attached hydrogens (tertiary/aromatic N) is 2. The number of hydrogen-bond donors (Lipinski definition) is 0. The topological polar surface area (TPSA) is 53.4 Å². The van der Waals surface area contributed by atoms with Crippen LogP contribution in [-0.4, -0.2) is 23.5 Å². The zero-order valence-corrected chi connectivity index (χ0v) is 14.5. The van der Waals surface area contributed by atoms with Gasteiger partial charge in [-0.1, -0.05) is 23.2 Å². The highest BCUT2D eigenvalue weighted by molar-refractivity contribution is 6.31. The summed E-state index contributed by atoms with van der Waals surface area (Å²) in [5.74, 6) is 1.10. The van der Waals surface area contributed by atoms with E-state index in [0.29, 0.717) is 12.4 Å². The quantitative estimate of drug-likeness (QED) is 0.712. The number of benzene rings is 1. The summed E-state index contributed by atoms with van der Waals surface area (Å²) in [5.41, 5.74) is 0.784. The number of methoxy groups -OCH3 is 1. The minimum Gasteiger partial charge on any atom is -0.497 e. The van der Waals surface area contributed by atoms with E-state index in [4.69, 9.17) is 32.7 Å². The summed E-state index contributed by atoms with van der Waals surface area (Å²) in [6.45, 7) is 0.455. The number of rotatable bonds is 7. The monoisotopic (exact) mass is 356 g/mol. The van der Waals surface area contributed by atoms with Gasteiger partial charge < -0.3 is 9.47 Å². The lowest BCUT2D eigenvalue weighted by Gasteiger charge is -2.09. The van der Waals surface area contributed by atoms with Crippen molar-refractivity contribution in [1.29, 1.82) is 0 Å². The lowest BCUT2D eigenvalue weighted by Crippen LogP contribution is -2.19. The molecule has 7 heteroatoms. The Hall–Kier alpha value is -1.72. The maximum Gasteiger partial charge on any atom is 0.270 e. The van der Waals surface area contributed by atoms with Crippen LogP contribution >= 0.6 is 23.2 Å². The first-order valence-electron chi connectivity index (χ1n) is 7.20. The molecule has 124 valence electrons. The van der Waals surface area contributed by atoms with Gasteiger partial charge in [-0.3, -0.25) is 4.79 Å². The van der Waals surface area contributed by atoms with Gasteiger partial charge in [-0.05, 0) is 43.0 Å². The molecule has 1 heterocycles. The van der Waals surface area contributed by atoms with Gasteiger partial charge in [0.2, 0.25) is 0 Å². The van der Waals surface area contributed by atoms with E-state index in [0.717, 1.165) is 35.6 Å². The molecule has 5 nitrogen and oxygen atoms in total. The van der Waals surface area contributed by atoms with E-state index in [9.17, 15) is 4.79 Å². The van der Waals surface area contributed by atoms with Crippen LogP contribution in [0.3, 0.4) is 0 Å². The maximum atomic E-state index is 11.5. The fraction of sp³-hybridized carbons (Fsp3) is 0.375. The molecule has 0 amide bonds. The van der Waals surface area contributed by atoms with Crippen molar-refractivity contribution in [3.05, 3.63) is 50.4 Å². The number of unbranched alkanes of at least 4 members (excludes halogenated alkanes) is 1. The molecule has 2 aromatic rings. The molecule has 0 radical (unpaired) electrons. The summed E-state index contributed by atoms with van der Waals surface area (Å²) < 4.78 is 11.9. The molecule has 0 spiro atoms. The van der Waals surface area contributed by atoms with Crippen molar-refractivity contribution in [1.82, 2.24) is 9.78 Å². The second-order valence-corrected chi connectivity index (χ2v) is 5.79. The number of ether oxygens (including phenoxy) is 2. The van der Waals surface area contributed by atoms with Gasteiger partial charge in [-0.25, -0.2) is 4.68 Å². The largest absolute Gasteiger partial charge is 0.497 e. The van der Waals surface area contributed by atoms with Gasteiger partial charge >= 0.3 is 0 Å². The summed E-state index contributed by atoms with van der Waals surface area (Å²) >= 11 is 12.1. The Labute approximate surface area is 144 Å². The molecule has 0 aliphatic heterocycles. The lowest BCUT2D eigenvalue weighted by atomic mass is 10.1. The predicted octanol–water partition coefficient (Wildman–Crippen LogP) is 3.50. The van der Waals surface area contributed by atoms with E-state index < -0.39 is 0 Å². The lowest BCUT2D eigenvalue weighted by molar-refractivity contribution is 0.304. The molecule has 0 saturated carbocycles. The van der Waals surface area contributed by atoms with E-state index in [-0.39, 0.29) is 10.7 Å². The smallest absolute Gasteiger partial charge is 0.270 e. The molecule has 1 aromatic carbocycles. The van der Waals surface area contributed by atoms with E-state index in [1.54, 1.807) is 7.11 Å². The van der Waals surface area contributed by atoms with Crippen molar-refractivity contribution in [3.8, 4) is 11.5 Å². The first-order chi connectivity index (χ1) is 11.0. The average molecular weight is 357 g/mol. The second-order valence-electron chi connectivity index (χ2n) is 5.02. The second kappa shape index (κ2) is 8.22. The summed E-state index contributed by atoms with van der Waals surface area (Å²) in [7, 11) is 3.17. The van der Waals surface area contributed by atoms with Crippen LogP contribution in [0.5, 0.6) is 11.5 Å². The standard InChI is InChI=1S/C16H18Cl2N2O3/c1-20-15(21)10-14(16(18)19-20)23-8-4-3-5-11-9-12(22-2)6-7-13(11)17/h6-7,9-10H,3-5,8H2,1-2H3. The van der Waals surface area contributed by atoms with Crippen LogP contribution in [-0.2, 0) is 13.5 Å². The summed E-state index contributed by atoms with van der Waals surface area (Å²) in [4.78, 5) is 11.5. The molecule has 0 bridgehead atoms. The number of aryl methyl sites for hydroxylation is 2. The van der Waals surface area contributed by atoms with Gasteiger partial charge in [0.1, 0.15) is 5.75 Å². The van der Waals surface area contributed by atoms with Gasteiger partial charge in [-0.2, -0.15) is 5.10 Å². The Balaban J connectivity index is 1.82. The van der Waals surface area contributed by atoms with Crippen molar-refractivity contribution in [2.45, 2.75) is 19.3 Å². The van der Waals surface area contributed by atoms with E-state index in [2.05, 4.69) is 5.10 Å². The highest BCUT2D eigenvalue weighted by Crippen LogP contribution is 2.24. The van der Waals surface area contributed by atoms with Crippen LogP contribution in [0, 0.1) is 0 Å². The van der Waals surface area contributed by atoms with Crippen LogP contribution in [0.25, 0.3) is 0 Å². The summed E-state index contributed by atoms with van der Waals surface area (Å²) in [5, 5.41) is 4.77. The normalized spacial score (nSPS) is 10.6. The highest BCUT2D eigenvalue weighted by Gasteiger charge is 2.07. The summed E-state index contributed by atoms with van der Waals surface area (Å²) in [6, 6.07) is 6.94. The minimum atomic E-state index is -0.257. The van der Waals surface area contributed by atoms with Gasteiger partial charge in [0.05, 0.1) is 19.8 Å². The van der Waals surface area contributed by atoms with Gasteiger partial charge in [0.15, 0.2) is 10.9 Å². The van der Waals surface area contributed by atoms with Crippen molar-refractivity contribution in [2.24, 2.45) is 7.05 Å². The van der Waals surface area contributed by atoms with Crippen LogP contribution in [0.4, 0.5) is 0 Å². The van der Waals surface area contributed by atoms with Crippen LogP contribution in [0.1, 0.15) is 18.4 Å². The zero-order valence-electron chi connectivity index (χ0n) is 13.0. The molecule has 1 aromatic heterocycles. The molecule has 2 rings (SSSR count). The molecular formula is C16H18Cl2N2O3. The fourth-order valence-electron chi connectivity index (χ4n) is 2.07. The number of hydrogen-bond acceptors (Lipinski definition) is 4. The molecule has 0 fully saturated rings. The first-order valence-corrected chi connectivity index (χ1v) is 7.96. The Morgan fingerprint density at radius 3 is 2.74 bits per heavy atom. The predicted molar refractivity (Wildman–Crippen MR) is 90.9 cm³/mol. The maximum absolute atomic E-state index is 11.5. The van der Waals surface area contributed by atoms with Crippen molar-refractivity contribution in [2.75, 3.05) is 13.7 Å². The van der Waals surface area contributed by atoms with Crippen LogP contribution in [0.15, 0.2) is 29.1 Å². The molecule has 0 aliphatic carbocycles. The molecule has 23 heavy (non-hydrogen) atoms. The van der Waals surface area contributed by atoms with Crippen molar-refractivity contribution >= 4 is 23.2 Å². The minimum absolute atomic E-state index is 0.183. The van der Waals surface area contributed by atoms with Gasteiger partial charge in [0.25, 0.3) is 5.56 Å². The number of halogens is 2.